The summed E-state index contributed by atoms with van der Waals surface area (Å²) in [5.74, 6) is 0.348. The van der Waals surface area contributed by atoms with Crippen molar-refractivity contribution in [2.24, 2.45) is 0 Å². The number of benzene rings is 3. The molecule has 0 saturated heterocycles. The molecule has 28 heavy (non-hydrogen) atoms. The lowest BCUT2D eigenvalue weighted by Gasteiger charge is -2.15. The van der Waals surface area contributed by atoms with Crippen molar-refractivity contribution in [2.45, 2.75) is 13.2 Å². The van der Waals surface area contributed by atoms with E-state index in [1.165, 1.54) is 24.3 Å². The highest BCUT2D eigenvalue weighted by Gasteiger charge is 2.12. The van der Waals surface area contributed by atoms with E-state index in [1.807, 2.05) is 12.1 Å². The Kier molecular flexibility index (Phi) is 6.64. The Morgan fingerprint density at radius 3 is 2.54 bits per heavy atom. The second-order valence-corrected chi connectivity index (χ2v) is 7.72. The third kappa shape index (κ3) is 5.30. The molecule has 0 aromatic heterocycles. The van der Waals surface area contributed by atoms with Gasteiger partial charge < -0.3 is 10.1 Å². The molecule has 0 aliphatic heterocycles. The molecule has 8 heteroatoms. The highest BCUT2D eigenvalue weighted by molar-refractivity contribution is 9.11. The highest BCUT2D eigenvalue weighted by Crippen LogP contribution is 2.34. The molecule has 0 unspecified atom stereocenters. The summed E-state index contributed by atoms with van der Waals surface area (Å²) in [5, 5.41) is 14.1. The zero-order chi connectivity index (χ0) is 20.1. The number of ether oxygens (including phenoxy) is 1. The number of anilines is 1. The summed E-state index contributed by atoms with van der Waals surface area (Å²) in [7, 11) is 0. The molecule has 0 atom stereocenters. The number of non-ortho nitro benzene ring substituents is 1. The van der Waals surface area contributed by atoms with Crippen molar-refractivity contribution in [1.82, 2.24) is 0 Å². The molecule has 0 bridgehead atoms. The van der Waals surface area contributed by atoms with E-state index in [0.29, 0.717) is 18.0 Å². The van der Waals surface area contributed by atoms with Crippen LogP contribution in [0.4, 0.5) is 15.8 Å². The summed E-state index contributed by atoms with van der Waals surface area (Å²) >= 11 is 6.97. The van der Waals surface area contributed by atoms with E-state index in [-0.39, 0.29) is 18.1 Å². The van der Waals surface area contributed by atoms with Crippen molar-refractivity contribution in [3.8, 4) is 5.75 Å². The number of rotatable bonds is 7. The van der Waals surface area contributed by atoms with Gasteiger partial charge in [-0.1, -0.05) is 34.1 Å². The average molecular weight is 510 g/mol. The van der Waals surface area contributed by atoms with E-state index < -0.39 is 4.92 Å². The van der Waals surface area contributed by atoms with Crippen molar-refractivity contribution in [1.29, 1.82) is 0 Å². The number of nitro groups is 1. The average Bonchev–Trinajstić information content (AvgIpc) is 2.67. The van der Waals surface area contributed by atoms with Gasteiger partial charge in [-0.2, -0.15) is 0 Å². The summed E-state index contributed by atoms with van der Waals surface area (Å²) in [6.45, 7) is 0.683. The van der Waals surface area contributed by atoms with E-state index in [9.17, 15) is 14.5 Å². The second kappa shape index (κ2) is 9.16. The minimum Gasteiger partial charge on any atom is -0.487 e. The molecule has 144 valence electrons. The largest absolute Gasteiger partial charge is 0.487 e. The molecule has 0 aliphatic carbocycles. The third-order valence-corrected chi connectivity index (χ3v) is 4.97. The fourth-order valence-corrected chi connectivity index (χ4v) is 4.00. The molecule has 0 radical (unpaired) electrons. The zero-order valence-electron chi connectivity index (χ0n) is 14.5. The maximum atomic E-state index is 13.1. The number of halogens is 3. The lowest BCUT2D eigenvalue weighted by Crippen LogP contribution is -2.05. The van der Waals surface area contributed by atoms with Crippen LogP contribution in [0.3, 0.4) is 0 Å². The standard InChI is InChI=1S/C20H15Br2FN2O3/c21-15-8-14(11-24-17-2-1-3-18(10-17)25(26)27)20(19(22)9-15)28-12-13-4-6-16(23)7-5-13/h1-10,24H,11-12H2. The van der Waals surface area contributed by atoms with Crippen LogP contribution in [0.15, 0.2) is 69.6 Å². The Labute approximate surface area is 177 Å². The molecule has 0 aliphatic rings. The summed E-state index contributed by atoms with van der Waals surface area (Å²) in [6, 6.07) is 16.2. The van der Waals surface area contributed by atoms with Crippen LogP contribution >= 0.6 is 31.9 Å². The summed E-state index contributed by atoms with van der Waals surface area (Å²) in [5.41, 5.74) is 2.35. The molecule has 3 rings (SSSR count). The molecule has 1 N–H and O–H groups in total. The Hall–Kier alpha value is -2.45. The van der Waals surface area contributed by atoms with E-state index in [2.05, 4.69) is 37.2 Å². The van der Waals surface area contributed by atoms with E-state index in [4.69, 9.17) is 4.74 Å². The fraction of sp³-hybridized carbons (Fsp3) is 0.100. The molecule has 0 heterocycles. The molecule has 0 saturated carbocycles. The summed E-state index contributed by atoms with van der Waals surface area (Å²) in [4.78, 5) is 10.5. The Morgan fingerprint density at radius 2 is 1.82 bits per heavy atom. The topological polar surface area (TPSA) is 64.4 Å². The first-order valence-corrected chi connectivity index (χ1v) is 9.84. The van der Waals surface area contributed by atoms with Crippen LogP contribution in [0, 0.1) is 15.9 Å². The van der Waals surface area contributed by atoms with Gasteiger partial charge in [-0.15, -0.1) is 0 Å². The normalized spacial score (nSPS) is 10.5. The molecule has 0 fully saturated rings. The van der Waals surface area contributed by atoms with Crippen molar-refractivity contribution >= 4 is 43.2 Å². The monoisotopic (exact) mass is 508 g/mol. The van der Waals surface area contributed by atoms with Gasteiger partial charge in [-0.05, 0) is 51.8 Å². The molecule has 0 amide bonds. The van der Waals surface area contributed by atoms with Gasteiger partial charge in [-0.25, -0.2) is 4.39 Å². The van der Waals surface area contributed by atoms with Crippen LogP contribution in [0.2, 0.25) is 0 Å². The van der Waals surface area contributed by atoms with Crippen LogP contribution in [0.1, 0.15) is 11.1 Å². The summed E-state index contributed by atoms with van der Waals surface area (Å²) < 4.78 is 20.6. The Bertz CT molecular complexity index is 997. The number of nitrogens with one attached hydrogen (secondary N) is 1. The van der Waals surface area contributed by atoms with Crippen LogP contribution in [-0.4, -0.2) is 4.92 Å². The Balaban J connectivity index is 1.77. The molecular formula is C20H15Br2FN2O3. The minimum absolute atomic E-state index is 0.0215. The Morgan fingerprint density at radius 1 is 1.07 bits per heavy atom. The van der Waals surface area contributed by atoms with Gasteiger partial charge in [0.25, 0.3) is 5.69 Å². The summed E-state index contributed by atoms with van der Waals surface area (Å²) in [6.07, 6.45) is 0. The molecule has 5 nitrogen and oxygen atoms in total. The number of hydrogen-bond acceptors (Lipinski definition) is 4. The van der Waals surface area contributed by atoms with Crippen LogP contribution < -0.4 is 10.1 Å². The maximum Gasteiger partial charge on any atom is 0.271 e. The van der Waals surface area contributed by atoms with Crippen LogP contribution in [0.5, 0.6) is 5.75 Å². The van der Waals surface area contributed by atoms with Crippen molar-refractivity contribution in [3.05, 3.63) is 96.7 Å². The second-order valence-electron chi connectivity index (χ2n) is 5.95. The van der Waals surface area contributed by atoms with Gasteiger partial charge in [0.1, 0.15) is 18.2 Å². The molecule has 3 aromatic rings. The fourth-order valence-electron chi connectivity index (χ4n) is 2.57. The van der Waals surface area contributed by atoms with Gasteiger partial charge in [-0.3, -0.25) is 10.1 Å². The predicted molar refractivity (Wildman–Crippen MR) is 113 cm³/mol. The first-order chi connectivity index (χ1) is 13.4. The lowest BCUT2D eigenvalue weighted by atomic mass is 10.2. The van der Waals surface area contributed by atoms with E-state index in [0.717, 1.165) is 20.1 Å². The van der Waals surface area contributed by atoms with Crippen molar-refractivity contribution in [3.63, 3.8) is 0 Å². The maximum absolute atomic E-state index is 13.1. The third-order valence-electron chi connectivity index (χ3n) is 3.92. The van der Waals surface area contributed by atoms with Gasteiger partial charge in [0.15, 0.2) is 0 Å². The smallest absolute Gasteiger partial charge is 0.271 e. The minimum atomic E-state index is -0.432. The molecule has 3 aromatic carbocycles. The number of hydrogen-bond donors (Lipinski definition) is 1. The molecular weight excluding hydrogens is 495 g/mol. The molecule has 0 spiro atoms. The van der Waals surface area contributed by atoms with Crippen LogP contribution in [-0.2, 0) is 13.2 Å². The lowest BCUT2D eigenvalue weighted by molar-refractivity contribution is -0.384. The highest BCUT2D eigenvalue weighted by atomic mass is 79.9. The van der Waals surface area contributed by atoms with Crippen molar-refractivity contribution < 1.29 is 14.1 Å². The zero-order valence-corrected chi connectivity index (χ0v) is 17.7. The quantitative estimate of drug-likeness (QED) is 0.293. The number of nitrogens with zero attached hydrogens (tertiary/aromatic N) is 1. The SMILES string of the molecule is O=[N+]([O-])c1cccc(NCc2cc(Br)cc(Br)c2OCc2ccc(F)cc2)c1. The first kappa shape index (κ1) is 20.3. The van der Waals surface area contributed by atoms with E-state index in [1.54, 1.807) is 24.3 Å². The van der Waals surface area contributed by atoms with Crippen LogP contribution in [0.25, 0.3) is 0 Å². The van der Waals surface area contributed by atoms with E-state index >= 15 is 0 Å². The van der Waals surface area contributed by atoms with Gasteiger partial charge in [0, 0.05) is 34.4 Å². The van der Waals surface area contributed by atoms with Gasteiger partial charge >= 0.3 is 0 Å². The number of nitro benzene ring substituents is 1. The van der Waals surface area contributed by atoms with Gasteiger partial charge in [0.05, 0.1) is 9.40 Å². The first-order valence-electron chi connectivity index (χ1n) is 8.26. The van der Waals surface area contributed by atoms with Crippen molar-refractivity contribution in [2.75, 3.05) is 5.32 Å². The van der Waals surface area contributed by atoms with Gasteiger partial charge in [0.2, 0.25) is 0 Å². The predicted octanol–water partition coefficient (Wildman–Crippen LogP) is 6.45.